The molecule has 1 aliphatic rings. The van der Waals surface area contributed by atoms with E-state index in [0.717, 1.165) is 17.6 Å². The molecule has 0 spiro atoms. The molecular formula is C12H12ClN3. The summed E-state index contributed by atoms with van der Waals surface area (Å²) >= 11 is 6.29. The molecule has 0 radical (unpaired) electrons. The third kappa shape index (κ3) is 2.00. The maximum atomic E-state index is 6.29. The summed E-state index contributed by atoms with van der Waals surface area (Å²) in [5.41, 5.74) is 2.56. The Morgan fingerprint density at radius 1 is 1.25 bits per heavy atom. The van der Waals surface area contributed by atoms with Crippen molar-refractivity contribution in [3.63, 3.8) is 0 Å². The highest BCUT2D eigenvalue weighted by molar-refractivity contribution is 6.21. The molecule has 16 heavy (non-hydrogen) atoms. The first-order chi connectivity index (χ1) is 7.83. The average Bonchev–Trinajstić information content (AvgIpc) is 3.12. The molecule has 2 heterocycles. The molecule has 3 rings (SSSR count). The molecular weight excluding hydrogens is 222 g/mol. The smallest absolute Gasteiger partial charge is 0.178 e. The summed E-state index contributed by atoms with van der Waals surface area (Å²) in [6.07, 6.45) is 6.71. The maximum absolute atomic E-state index is 6.29. The van der Waals surface area contributed by atoms with Gasteiger partial charge in [0.05, 0.1) is 0 Å². The highest BCUT2D eigenvalue weighted by atomic mass is 35.5. The summed E-state index contributed by atoms with van der Waals surface area (Å²) in [6.45, 7) is 0. The number of fused-ring (bicyclic) bond motifs is 1. The lowest BCUT2D eigenvalue weighted by Crippen LogP contribution is -2.07. The normalized spacial score (nSPS) is 17.6. The third-order valence-corrected chi connectivity index (χ3v) is 3.44. The summed E-state index contributed by atoms with van der Waals surface area (Å²) in [5.74, 6) is 0.695. The standard InChI is InChI=1S/C12H12ClN3/c13-10(8-1-2-8)7-9-3-4-11-12(16-9)15-6-5-14-11/h3-6,8,10H,1-2,7H2. The monoisotopic (exact) mass is 233 g/mol. The van der Waals surface area contributed by atoms with Crippen LogP contribution in [0.5, 0.6) is 0 Å². The van der Waals surface area contributed by atoms with Crippen molar-refractivity contribution < 1.29 is 0 Å². The van der Waals surface area contributed by atoms with Crippen LogP contribution in [0.15, 0.2) is 24.5 Å². The van der Waals surface area contributed by atoms with Crippen LogP contribution in [0.4, 0.5) is 0 Å². The van der Waals surface area contributed by atoms with Gasteiger partial charge in [-0.3, -0.25) is 4.98 Å². The number of hydrogen-bond donors (Lipinski definition) is 0. The summed E-state index contributed by atoms with van der Waals surface area (Å²) in [4.78, 5) is 12.9. The molecule has 1 saturated carbocycles. The fourth-order valence-electron chi connectivity index (χ4n) is 1.83. The first-order valence-electron chi connectivity index (χ1n) is 5.53. The van der Waals surface area contributed by atoms with Crippen LogP contribution < -0.4 is 0 Å². The van der Waals surface area contributed by atoms with E-state index in [1.54, 1.807) is 12.4 Å². The van der Waals surface area contributed by atoms with Gasteiger partial charge in [0, 0.05) is 29.9 Å². The molecule has 1 aliphatic carbocycles. The zero-order valence-electron chi connectivity index (χ0n) is 8.81. The van der Waals surface area contributed by atoms with Gasteiger partial charge in [0.1, 0.15) is 5.52 Å². The fourth-order valence-corrected chi connectivity index (χ4v) is 2.24. The van der Waals surface area contributed by atoms with E-state index in [1.165, 1.54) is 12.8 Å². The third-order valence-electron chi connectivity index (χ3n) is 2.93. The molecule has 82 valence electrons. The summed E-state index contributed by atoms with van der Waals surface area (Å²) in [5, 5.41) is 0.224. The van der Waals surface area contributed by atoms with E-state index in [-0.39, 0.29) is 5.38 Å². The number of hydrogen-bond acceptors (Lipinski definition) is 3. The first-order valence-corrected chi connectivity index (χ1v) is 5.97. The number of pyridine rings is 1. The Morgan fingerprint density at radius 2 is 2.06 bits per heavy atom. The van der Waals surface area contributed by atoms with Crippen LogP contribution in [-0.4, -0.2) is 20.3 Å². The Kier molecular flexibility index (Phi) is 2.48. The molecule has 4 heteroatoms. The van der Waals surface area contributed by atoms with E-state index in [0.29, 0.717) is 11.6 Å². The van der Waals surface area contributed by atoms with Crippen molar-refractivity contribution in [3.05, 3.63) is 30.2 Å². The van der Waals surface area contributed by atoms with E-state index in [1.807, 2.05) is 12.1 Å². The van der Waals surface area contributed by atoms with E-state index in [9.17, 15) is 0 Å². The van der Waals surface area contributed by atoms with Gasteiger partial charge >= 0.3 is 0 Å². The first kappa shape index (κ1) is 9.97. The SMILES string of the molecule is ClC(Cc1ccc2nccnc2n1)C1CC1. The number of alkyl halides is 1. The molecule has 1 atom stereocenters. The minimum Gasteiger partial charge on any atom is -0.251 e. The number of aromatic nitrogens is 3. The van der Waals surface area contributed by atoms with Crippen LogP contribution in [0.3, 0.4) is 0 Å². The topological polar surface area (TPSA) is 38.7 Å². The van der Waals surface area contributed by atoms with Crippen LogP contribution in [0, 0.1) is 5.92 Å². The summed E-state index contributed by atoms with van der Waals surface area (Å²) in [7, 11) is 0. The van der Waals surface area contributed by atoms with Crippen molar-refractivity contribution in [1.29, 1.82) is 0 Å². The highest BCUT2D eigenvalue weighted by Gasteiger charge is 2.29. The van der Waals surface area contributed by atoms with Gasteiger partial charge in [-0.25, -0.2) is 9.97 Å². The van der Waals surface area contributed by atoms with Gasteiger partial charge < -0.3 is 0 Å². The zero-order valence-corrected chi connectivity index (χ0v) is 9.56. The summed E-state index contributed by atoms with van der Waals surface area (Å²) < 4.78 is 0. The Labute approximate surface area is 98.9 Å². The van der Waals surface area contributed by atoms with Gasteiger partial charge in [-0.15, -0.1) is 11.6 Å². The number of halogens is 1. The minimum absolute atomic E-state index is 0.224. The van der Waals surface area contributed by atoms with Gasteiger partial charge in [-0.05, 0) is 30.9 Å². The molecule has 1 fully saturated rings. The Hall–Kier alpha value is -1.22. The van der Waals surface area contributed by atoms with Gasteiger partial charge in [0.2, 0.25) is 0 Å². The predicted molar refractivity (Wildman–Crippen MR) is 63.4 cm³/mol. The van der Waals surface area contributed by atoms with Crippen LogP contribution >= 0.6 is 11.6 Å². The lowest BCUT2D eigenvalue weighted by Gasteiger charge is -2.07. The average molecular weight is 234 g/mol. The van der Waals surface area contributed by atoms with Crippen molar-refractivity contribution >= 4 is 22.8 Å². The number of nitrogens with zero attached hydrogens (tertiary/aromatic N) is 3. The van der Waals surface area contributed by atoms with Crippen LogP contribution in [0.25, 0.3) is 11.2 Å². The van der Waals surface area contributed by atoms with Crippen molar-refractivity contribution in [2.24, 2.45) is 5.92 Å². The van der Waals surface area contributed by atoms with E-state index in [4.69, 9.17) is 11.6 Å². The van der Waals surface area contributed by atoms with E-state index >= 15 is 0 Å². The highest BCUT2D eigenvalue weighted by Crippen LogP contribution is 2.36. The maximum Gasteiger partial charge on any atom is 0.178 e. The summed E-state index contributed by atoms with van der Waals surface area (Å²) in [6, 6.07) is 3.95. The second-order valence-electron chi connectivity index (χ2n) is 4.26. The van der Waals surface area contributed by atoms with Crippen molar-refractivity contribution in [2.45, 2.75) is 24.6 Å². The van der Waals surface area contributed by atoms with Crippen LogP contribution in [0.2, 0.25) is 0 Å². The Morgan fingerprint density at radius 3 is 2.88 bits per heavy atom. The fraction of sp³-hybridized carbons (Fsp3) is 0.417. The van der Waals surface area contributed by atoms with Gasteiger partial charge in [-0.1, -0.05) is 0 Å². The molecule has 1 unspecified atom stereocenters. The molecule has 0 saturated heterocycles. The van der Waals surface area contributed by atoms with Crippen LogP contribution in [0.1, 0.15) is 18.5 Å². The molecule has 0 aromatic carbocycles. The quantitative estimate of drug-likeness (QED) is 0.765. The molecule has 2 aromatic rings. The largest absolute Gasteiger partial charge is 0.251 e. The number of rotatable bonds is 3. The second kappa shape index (κ2) is 3.98. The van der Waals surface area contributed by atoms with Gasteiger partial charge in [0.15, 0.2) is 5.65 Å². The molecule has 0 amide bonds. The van der Waals surface area contributed by atoms with E-state index in [2.05, 4.69) is 15.0 Å². The Bertz CT molecular complexity index is 510. The van der Waals surface area contributed by atoms with Gasteiger partial charge in [0.25, 0.3) is 0 Å². The molecule has 0 aliphatic heterocycles. The van der Waals surface area contributed by atoms with Crippen molar-refractivity contribution in [3.8, 4) is 0 Å². The van der Waals surface area contributed by atoms with Crippen molar-refractivity contribution in [1.82, 2.24) is 15.0 Å². The molecule has 3 nitrogen and oxygen atoms in total. The molecule has 2 aromatic heterocycles. The molecule has 0 N–H and O–H groups in total. The zero-order chi connectivity index (χ0) is 11.0. The molecule has 0 bridgehead atoms. The van der Waals surface area contributed by atoms with E-state index < -0.39 is 0 Å². The van der Waals surface area contributed by atoms with Crippen molar-refractivity contribution in [2.75, 3.05) is 0 Å². The predicted octanol–water partition coefficient (Wildman–Crippen LogP) is 2.58. The lowest BCUT2D eigenvalue weighted by atomic mass is 10.1. The van der Waals surface area contributed by atoms with Crippen LogP contribution in [-0.2, 0) is 6.42 Å². The second-order valence-corrected chi connectivity index (χ2v) is 4.82. The lowest BCUT2D eigenvalue weighted by molar-refractivity contribution is 0.726. The minimum atomic E-state index is 0.224. The Balaban J connectivity index is 1.86. The van der Waals surface area contributed by atoms with Gasteiger partial charge in [-0.2, -0.15) is 0 Å².